The lowest BCUT2D eigenvalue weighted by atomic mass is 9.87. The van der Waals surface area contributed by atoms with Gasteiger partial charge in [-0.2, -0.15) is 0 Å². The Balaban J connectivity index is 1.61. The highest BCUT2D eigenvalue weighted by atomic mass is 32.2. The highest BCUT2D eigenvalue weighted by molar-refractivity contribution is 7.98. The van der Waals surface area contributed by atoms with Gasteiger partial charge < -0.3 is 0 Å². The van der Waals surface area contributed by atoms with Crippen molar-refractivity contribution in [3.05, 3.63) is 127 Å². The van der Waals surface area contributed by atoms with Gasteiger partial charge in [-0.1, -0.05) is 115 Å². The second kappa shape index (κ2) is 8.30. The normalized spacial score (nSPS) is 16.3. The minimum absolute atomic E-state index is 0.0488. The van der Waals surface area contributed by atoms with E-state index in [0.29, 0.717) is 16.9 Å². The molecule has 0 amide bonds. The monoisotopic (exact) mass is 476 g/mol. The van der Waals surface area contributed by atoms with Gasteiger partial charge in [-0.05, 0) is 57.1 Å². The molecule has 7 rings (SSSR count). The summed E-state index contributed by atoms with van der Waals surface area (Å²) in [5.74, 6) is 0.666. The fourth-order valence-corrected chi connectivity index (χ4v) is 5.59. The molecule has 1 aliphatic rings. The topological polar surface area (TPSA) is 17.8 Å². The van der Waals surface area contributed by atoms with E-state index >= 15 is 0 Å². The van der Waals surface area contributed by atoms with Gasteiger partial charge in [0.05, 0.1) is 30.4 Å². The van der Waals surface area contributed by atoms with Gasteiger partial charge in [-0.3, -0.25) is 4.57 Å². The van der Waals surface area contributed by atoms with Gasteiger partial charge in [0, 0.05) is 5.75 Å². The van der Waals surface area contributed by atoms with Crippen LogP contribution in [0.1, 0.15) is 19.3 Å². The SMILES string of the molecule is [2H]c1c([2H])c([2H])c(-c2cccc(-c3c([2H])c([2H])c([2H])c([2H])c3[2H])c2-c2ccc3c(c2)-n2c(nc4ccccc42)SC3)c([2H])c1[2H]. The van der Waals surface area contributed by atoms with Crippen molar-refractivity contribution in [1.29, 1.82) is 0 Å². The molecule has 0 saturated heterocycles. The number of rotatable bonds is 3. The first-order valence-electron chi connectivity index (χ1n) is 16.0. The molecule has 5 aromatic carbocycles. The molecule has 1 aliphatic heterocycles. The van der Waals surface area contributed by atoms with Gasteiger partial charge >= 0.3 is 0 Å². The van der Waals surface area contributed by atoms with E-state index in [1.165, 1.54) is 0 Å². The number of benzene rings is 5. The lowest BCUT2D eigenvalue weighted by Crippen LogP contribution is -2.06. The second-order valence-electron chi connectivity index (χ2n) is 8.08. The lowest BCUT2D eigenvalue weighted by Gasteiger charge is -2.22. The fourth-order valence-electron chi connectivity index (χ4n) is 4.57. The number of hydrogen-bond donors (Lipinski definition) is 0. The summed E-state index contributed by atoms with van der Waals surface area (Å²) in [4.78, 5) is 4.79. The largest absolute Gasteiger partial charge is 0.287 e. The average Bonchev–Trinajstić information content (AvgIpc) is 3.44. The smallest absolute Gasteiger partial charge is 0.174 e. The van der Waals surface area contributed by atoms with Gasteiger partial charge in [0.2, 0.25) is 0 Å². The van der Waals surface area contributed by atoms with Crippen LogP contribution < -0.4 is 0 Å². The molecule has 6 aromatic rings. The molecule has 0 bridgehead atoms. The summed E-state index contributed by atoms with van der Waals surface area (Å²) in [6, 6.07) is 13.7. The number of thioether (sulfide) groups is 1. The molecular weight excluding hydrogens is 444 g/mol. The van der Waals surface area contributed by atoms with Crippen molar-refractivity contribution >= 4 is 22.8 Å². The molecule has 35 heavy (non-hydrogen) atoms. The quantitative estimate of drug-likeness (QED) is 0.254. The van der Waals surface area contributed by atoms with Crippen LogP contribution in [-0.2, 0) is 5.75 Å². The Morgan fingerprint density at radius 3 is 2.11 bits per heavy atom. The van der Waals surface area contributed by atoms with E-state index in [0.717, 1.165) is 27.4 Å². The summed E-state index contributed by atoms with van der Waals surface area (Å²) >= 11 is 1.61. The number of fused-ring (bicyclic) bond motifs is 5. The summed E-state index contributed by atoms with van der Waals surface area (Å²) in [6.07, 6.45) is 0. The number of nitrogens with zero attached hydrogens (tertiary/aromatic N) is 2. The maximum atomic E-state index is 8.76. The third kappa shape index (κ3) is 3.39. The zero-order valence-corrected chi connectivity index (χ0v) is 19.1. The van der Waals surface area contributed by atoms with Crippen molar-refractivity contribution in [3.63, 3.8) is 0 Å². The predicted molar refractivity (Wildman–Crippen MR) is 147 cm³/mol. The molecule has 0 spiro atoms. The van der Waals surface area contributed by atoms with Crippen molar-refractivity contribution in [3.8, 4) is 39.1 Å². The molecule has 0 radical (unpaired) electrons. The molecular formula is C32H22N2S. The molecule has 3 heteroatoms. The van der Waals surface area contributed by atoms with E-state index in [2.05, 4.69) is 4.57 Å². The van der Waals surface area contributed by atoms with Crippen LogP contribution in [0.15, 0.2) is 126 Å². The van der Waals surface area contributed by atoms with E-state index in [9.17, 15) is 0 Å². The van der Waals surface area contributed by atoms with Crippen LogP contribution >= 0.6 is 11.8 Å². The summed E-state index contributed by atoms with van der Waals surface area (Å²) in [7, 11) is 0. The van der Waals surface area contributed by atoms with Crippen molar-refractivity contribution in [2.24, 2.45) is 0 Å². The van der Waals surface area contributed by atoms with Crippen molar-refractivity contribution in [2.75, 3.05) is 0 Å². The third-order valence-electron chi connectivity index (χ3n) is 6.10. The first-order chi connectivity index (χ1) is 21.5. The molecule has 0 unspecified atom stereocenters. The van der Waals surface area contributed by atoms with Crippen LogP contribution in [0.4, 0.5) is 0 Å². The fraction of sp³-hybridized carbons (Fsp3) is 0.0312. The first-order valence-corrected chi connectivity index (χ1v) is 12.0. The molecule has 0 aliphatic carbocycles. The van der Waals surface area contributed by atoms with Gasteiger partial charge in [0.15, 0.2) is 5.16 Å². The minimum atomic E-state index is -0.525. The number of hydrogen-bond acceptors (Lipinski definition) is 2. The maximum Gasteiger partial charge on any atom is 0.174 e. The molecule has 0 N–H and O–H groups in total. The number of aromatic nitrogens is 2. The van der Waals surface area contributed by atoms with Gasteiger partial charge in [0.25, 0.3) is 0 Å². The van der Waals surface area contributed by atoms with E-state index in [-0.39, 0.29) is 22.3 Å². The van der Waals surface area contributed by atoms with Crippen LogP contribution in [-0.4, -0.2) is 9.55 Å². The van der Waals surface area contributed by atoms with Crippen LogP contribution in [0.2, 0.25) is 0 Å². The Hall–Kier alpha value is -4.08. The van der Waals surface area contributed by atoms with Crippen LogP contribution in [0.25, 0.3) is 50.1 Å². The maximum absolute atomic E-state index is 8.76. The minimum Gasteiger partial charge on any atom is -0.287 e. The van der Waals surface area contributed by atoms with E-state index in [1.807, 2.05) is 42.5 Å². The number of imidazole rings is 1. The standard InChI is InChI=1S/C32H22N2S/c1-3-10-22(11-4-1)26-14-9-15-27(23-12-5-2-6-13-23)31(26)24-18-19-25-21-35-32-33-28-16-7-8-17-29(28)34(32)30(25)20-24/h1-20H,21H2/i1D,2D,3D,4D,5D,6D,10D,11D,12D,13D. The van der Waals surface area contributed by atoms with Gasteiger partial charge in [0.1, 0.15) is 0 Å². The lowest BCUT2D eigenvalue weighted by molar-refractivity contribution is 0.895. The molecule has 1 aromatic heterocycles. The van der Waals surface area contributed by atoms with Crippen LogP contribution in [0, 0.1) is 0 Å². The Bertz CT molecular complexity index is 2100. The highest BCUT2D eigenvalue weighted by Crippen LogP contribution is 2.43. The van der Waals surface area contributed by atoms with Crippen molar-refractivity contribution in [1.82, 2.24) is 9.55 Å². The van der Waals surface area contributed by atoms with E-state index in [4.69, 9.17) is 18.7 Å². The Labute approximate surface area is 223 Å². The van der Waals surface area contributed by atoms with Gasteiger partial charge in [-0.25, -0.2) is 4.98 Å². The van der Waals surface area contributed by atoms with E-state index < -0.39 is 60.4 Å². The summed E-state index contributed by atoms with van der Waals surface area (Å²) in [5, 5.41) is 0.811. The zero-order chi connectivity index (χ0) is 31.9. The van der Waals surface area contributed by atoms with Crippen LogP contribution in [0.3, 0.4) is 0 Å². The molecule has 0 fully saturated rings. The molecule has 0 atom stereocenters. The molecule has 0 saturated carbocycles. The average molecular weight is 477 g/mol. The highest BCUT2D eigenvalue weighted by Gasteiger charge is 2.22. The van der Waals surface area contributed by atoms with Crippen molar-refractivity contribution < 1.29 is 13.7 Å². The molecule has 166 valence electrons. The summed E-state index contributed by atoms with van der Waals surface area (Å²) in [6.45, 7) is 0. The summed E-state index contributed by atoms with van der Waals surface area (Å²) < 4.78 is 86.7. The third-order valence-corrected chi connectivity index (χ3v) is 7.09. The second-order valence-corrected chi connectivity index (χ2v) is 9.02. The predicted octanol–water partition coefficient (Wildman–Crippen LogP) is 8.63. The zero-order valence-electron chi connectivity index (χ0n) is 28.3. The molecule has 2 nitrogen and oxygen atoms in total. The summed E-state index contributed by atoms with van der Waals surface area (Å²) in [5.41, 5.74) is 5.02. The van der Waals surface area contributed by atoms with Crippen LogP contribution in [0.5, 0.6) is 0 Å². The Morgan fingerprint density at radius 2 is 1.40 bits per heavy atom. The van der Waals surface area contributed by atoms with Crippen molar-refractivity contribution in [2.45, 2.75) is 10.9 Å². The Morgan fingerprint density at radius 1 is 0.714 bits per heavy atom. The number of para-hydroxylation sites is 2. The Kier molecular flexibility index (Phi) is 2.98. The van der Waals surface area contributed by atoms with E-state index in [1.54, 1.807) is 30.0 Å². The van der Waals surface area contributed by atoms with Gasteiger partial charge in [-0.15, -0.1) is 0 Å². The molecule has 2 heterocycles. The first kappa shape index (κ1) is 12.6.